The predicted octanol–water partition coefficient (Wildman–Crippen LogP) is 1.54. The first-order valence-electron chi connectivity index (χ1n) is 5.86. The summed E-state index contributed by atoms with van der Waals surface area (Å²) in [6.07, 6.45) is 2.01. The molecule has 1 atom stereocenters. The van der Waals surface area contributed by atoms with Crippen LogP contribution in [0.3, 0.4) is 0 Å². The van der Waals surface area contributed by atoms with Crippen LogP contribution in [0.5, 0.6) is 0 Å². The second-order valence-corrected chi connectivity index (χ2v) is 5.17. The summed E-state index contributed by atoms with van der Waals surface area (Å²) in [7, 11) is 1.98. The molecule has 0 aromatic carbocycles. The number of hydrogen-bond donors (Lipinski definition) is 2. The van der Waals surface area contributed by atoms with E-state index in [2.05, 4.69) is 37.4 Å². The number of nitrogens with two attached hydrogens (primary N) is 1. The Balaban J connectivity index is 2.82. The first kappa shape index (κ1) is 13.2. The maximum Gasteiger partial charge on any atom is 0.0596 e. The molecule has 4 heteroatoms. The third-order valence-electron chi connectivity index (χ3n) is 3.57. The highest BCUT2D eigenvalue weighted by molar-refractivity contribution is 5.11. The number of nitrogens with zero attached hydrogens (tertiary/aromatic N) is 2. The third kappa shape index (κ3) is 2.83. The molecular formula is C12H24N4. The molecule has 1 unspecified atom stereocenters. The van der Waals surface area contributed by atoms with Crippen LogP contribution in [0.2, 0.25) is 0 Å². The molecule has 0 bridgehead atoms. The Kier molecular flexibility index (Phi) is 4.10. The highest BCUT2D eigenvalue weighted by Gasteiger charge is 2.27. The van der Waals surface area contributed by atoms with Gasteiger partial charge in [0.25, 0.3) is 0 Å². The van der Waals surface area contributed by atoms with Gasteiger partial charge in [0, 0.05) is 25.2 Å². The lowest BCUT2D eigenvalue weighted by Crippen LogP contribution is -2.47. The van der Waals surface area contributed by atoms with Crippen molar-refractivity contribution in [2.75, 3.05) is 0 Å². The van der Waals surface area contributed by atoms with Crippen molar-refractivity contribution in [2.45, 2.75) is 46.6 Å². The van der Waals surface area contributed by atoms with Gasteiger partial charge in [-0.25, -0.2) is 0 Å². The summed E-state index contributed by atoms with van der Waals surface area (Å²) in [6, 6.07) is 2.39. The van der Waals surface area contributed by atoms with E-state index in [0.29, 0.717) is 0 Å². The van der Waals surface area contributed by atoms with Crippen LogP contribution in [0.25, 0.3) is 0 Å². The maximum absolute atomic E-state index is 5.66. The fraction of sp³-hybridized carbons (Fsp3) is 0.750. The van der Waals surface area contributed by atoms with Crippen molar-refractivity contribution in [3.8, 4) is 0 Å². The molecule has 0 spiro atoms. The van der Waals surface area contributed by atoms with Crippen LogP contribution in [0.1, 0.15) is 38.6 Å². The number of nitrogens with one attached hydrogen (secondary N) is 1. The van der Waals surface area contributed by atoms with E-state index in [4.69, 9.17) is 5.84 Å². The Bertz CT molecular complexity index is 341. The van der Waals surface area contributed by atoms with Crippen molar-refractivity contribution in [3.05, 3.63) is 17.5 Å². The van der Waals surface area contributed by atoms with Crippen molar-refractivity contribution < 1.29 is 0 Å². The lowest BCUT2D eigenvalue weighted by Gasteiger charge is -2.32. The topological polar surface area (TPSA) is 55.9 Å². The van der Waals surface area contributed by atoms with E-state index in [1.54, 1.807) is 0 Å². The summed E-state index contributed by atoms with van der Waals surface area (Å²) in [4.78, 5) is 0. The summed E-state index contributed by atoms with van der Waals surface area (Å²) in [5.41, 5.74) is 5.41. The molecule has 0 aliphatic carbocycles. The van der Waals surface area contributed by atoms with Gasteiger partial charge in [-0.1, -0.05) is 20.8 Å². The molecule has 0 amide bonds. The molecule has 0 saturated heterocycles. The van der Waals surface area contributed by atoms with Crippen molar-refractivity contribution in [2.24, 2.45) is 18.3 Å². The van der Waals surface area contributed by atoms with Gasteiger partial charge in [0.2, 0.25) is 0 Å². The van der Waals surface area contributed by atoms with Crippen LogP contribution >= 0.6 is 0 Å². The predicted molar refractivity (Wildman–Crippen MR) is 66.8 cm³/mol. The molecular weight excluding hydrogens is 200 g/mol. The van der Waals surface area contributed by atoms with Crippen LogP contribution < -0.4 is 11.3 Å². The fourth-order valence-electron chi connectivity index (χ4n) is 1.87. The normalized spacial score (nSPS) is 14.1. The molecule has 0 radical (unpaired) electrons. The van der Waals surface area contributed by atoms with E-state index < -0.39 is 0 Å². The number of rotatable bonds is 5. The SMILES string of the molecule is CCC(C)(C)C(Cc1cc(C)nn1C)NN. The Morgan fingerprint density at radius 1 is 1.56 bits per heavy atom. The van der Waals surface area contributed by atoms with Crippen LogP contribution in [-0.2, 0) is 13.5 Å². The van der Waals surface area contributed by atoms with Gasteiger partial charge >= 0.3 is 0 Å². The standard InChI is InChI=1S/C12H24N4/c1-6-12(3,4)11(14-13)8-10-7-9(2)15-16(10)5/h7,11,14H,6,8,13H2,1-5H3. The second kappa shape index (κ2) is 4.97. The number of aromatic nitrogens is 2. The molecule has 4 nitrogen and oxygen atoms in total. The molecule has 1 aromatic heterocycles. The van der Waals surface area contributed by atoms with Crippen molar-refractivity contribution >= 4 is 0 Å². The monoisotopic (exact) mass is 224 g/mol. The molecule has 1 aromatic rings. The molecule has 0 saturated carbocycles. The number of hydrazine groups is 1. The van der Waals surface area contributed by atoms with E-state index >= 15 is 0 Å². The molecule has 1 rings (SSSR count). The number of aryl methyl sites for hydroxylation is 2. The van der Waals surface area contributed by atoms with Gasteiger partial charge in [0.1, 0.15) is 0 Å². The number of hydrogen-bond acceptors (Lipinski definition) is 3. The molecule has 16 heavy (non-hydrogen) atoms. The van der Waals surface area contributed by atoms with Gasteiger partial charge in [-0.2, -0.15) is 5.10 Å². The van der Waals surface area contributed by atoms with Gasteiger partial charge in [-0.3, -0.25) is 16.0 Å². The first-order chi connectivity index (χ1) is 7.40. The summed E-state index contributed by atoms with van der Waals surface area (Å²) in [5, 5.41) is 4.35. The summed E-state index contributed by atoms with van der Waals surface area (Å²) in [6.45, 7) is 8.68. The van der Waals surface area contributed by atoms with Crippen molar-refractivity contribution in [1.29, 1.82) is 0 Å². The van der Waals surface area contributed by atoms with Crippen molar-refractivity contribution in [3.63, 3.8) is 0 Å². The zero-order valence-electron chi connectivity index (χ0n) is 11.0. The Morgan fingerprint density at radius 2 is 2.19 bits per heavy atom. The van der Waals surface area contributed by atoms with Gasteiger partial charge in [0.15, 0.2) is 0 Å². The zero-order chi connectivity index (χ0) is 12.3. The smallest absolute Gasteiger partial charge is 0.0596 e. The lowest BCUT2D eigenvalue weighted by molar-refractivity contribution is 0.229. The minimum Gasteiger partial charge on any atom is -0.272 e. The largest absolute Gasteiger partial charge is 0.272 e. The molecule has 0 fully saturated rings. The minimum absolute atomic E-state index is 0.187. The fourth-order valence-corrected chi connectivity index (χ4v) is 1.87. The average Bonchev–Trinajstić information content (AvgIpc) is 2.53. The van der Waals surface area contributed by atoms with Gasteiger partial charge < -0.3 is 0 Å². The molecule has 0 aliphatic heterocycles. The molecule has 0 aliphatic rings. The minimum atomic E-state index is 0.187. The molecule has 92 valence electrons. The summed E-state index contributed by atoms with van der Waals surface area (Å²) < 4.78 is 1.94. The van der Waals surface area contributed by atoms with E-state index in [1.807, 2.05) is 18.7 Å². The van der Waals surface area contributed by atoms with Crippen LogP contribution in [0, 0.1) is 12.3 Å². The Morgan fingerprint density at radius 3 is 2.56 bits per heavy atom. The second-order valence-electron chi connectivity index (χ2n) is 5.17. The zero-order valence-corrected chi connectivity index (χ0v) is 11.0. The lowest BCUT2D eigenvalue weighted by atomic mass is 9.80. The molecule has 1 heterocycles. The molecule has 3 N–H and O–H groups in total. The van der Waals surface area contributed by atoms with E-state index in [9.17, 15) is 0 Å². The Labute approximate surface area is 98.2 Å². The van der Waals surface area contributed by atoms with Crippen LogP contribution in [0.4, 0.5) is 0 Å². The van der Waals surface area contributed by atoms with Crippen molar-refractivity contribution in [1.82, 2.24) is 15.2 Å². The van der Waals surface area contributed by atoms with Crippen LogP contribution in [0.15, 0.2) is 6.07 Å². The van der Waals surface area contributed by atoms with Gasteiger partial charge in [0.05, 0.1) is 5.69 Å². The highest BCUT2D eigenvalue weighted by atomic mass is 15.3. The maximum atomic E-state index is 5.66. The third-order valence-corrected chi connectivity index (χ3v) is 3.57. The van der Waals surface area contributed by atoms with Gasteiger partial charge in [-0.15, -0.1) is 0 Å². The summed E-state index contributed by atoms with van der Waals surface area (Å²) >= 11 is 0. The quantitative estimate of drug-likeness (QED) is 0.589. The van der Waals surface area contributed by atoms with Gasteiger partial charge in [-0.05, 0) is 24.8 Å². The average molecular weight is 224 g/mol. The van der Waals surface area contributed by atoms with E-state index in [-0.39, 0.29) is 11.5 Å². The highest BCUT2D eigenvalue weighted by Crippen LogP contribution is 2.26. The van der Waals surface area contributed by atoms with E-state index in [1.165, 1.54) is 5.69 Å². The van der Waals surface area contributed by atoms with E-state index in [0.717, 1.165) is 18.5 Å². The Hall–Kier alpha value is -0.870. The van der Waals surface area contributed by atoms with Crippen LogP contribution in [-0.4, -0.2) is 15.8 Å². The summed E-state index contributed by atoms with van der Waals surface area (Å²) in [5.74, 6) is 5.66. The first-order valence-corrected chi connectivity index (χ1v) is 5.86.